The van der Waals surface area contributed by atoms with E-state index in [2.05, 4.69) is 15.3 Å². The minimum Gasteiger partial charge on any atom is -0.340 e. The first-order chi connectivity index (χ1) is 14.0. The van der Waals surface area contributed by atoms with Gasteiger partial charge in [0.15, 0.2) is 5.16 Å². The number of benzene rings is 3. The highest BCUT2D eigenvalue weighted by molar-refractivity contribution is 7.98. The van der Waals surface area contributed by atoms with E-state index in [4.69, 9.17) is 0 Å². The van der Waals surface area contributed by atoms with Crippen LogP contribution in [0.25, 0.3) is 10.9 Å². The van der Waals surface area contributed by atoms with Crippen molar-refractivity contribution in [2.75, 3.05) is 5.32 Å². The van der Waals surface area contributed by atoms with Crippen molar-refractivity contribution in [1.29, 1.82) is 0 Å². The van der Waals surface area contributed by atoms with Crippen molar-refractivity contribution in [2.24, 2.45) is 0 Å². The standard InChI is InChI=1S/C22H16F3N3S/c23-22(24,25)16-12-10-15(11-13-16)14-29-21-27-19-9-5-4-8-18(19)20(28-21)26-17-6-2-1-3-7-17/h1-13H,14H2,(H,26,27,28). The molecule has 0 spiro atoms. The molecule has 3 nitrogen and oxygen atoms in total. The zero-order valence-corrected chi connectivity index (χ0v) is 16.0. The van der Waals surface area contributed by atoms with Gasteiger partial charge >= 0.3 is 6.18 Å². The molecular formula is C22H16F3N3S. The van der Waals surface area contributed by atoms with Gasteiger partial charge in [0, 0.05) is 16.8 Å². The number of anilines is 2. The van der Waals surface area contributed by atoms with Crippen molar-refractivity contribution < 1.29 is 13.2 Å². The molecule has 0 radical (unpaired) electrons. The van der Waals surface area contributed by atoms with Gasteiger partial charge < -0.3 is 5.32 Å². The average molecular weight is 411 g/mol. The molecule has 0 aliphatic carbocycles. The largest absolute Gasteiger partial charge is 0.416 e. The number of hydrogen-bond donors (Lipinski definition) is 1. The molecular weight excluding hydrogens is 395 g/mol. The topological polar surface area (TPSA) is 37.8 Å². The Morgan fingerprint density at radius 1 is 0.793 bits per heavy atom. The first-order valence-corrected chi connectivity index (χ1v) is 9.85. The molecule has 1 heterocycles. The molecule has 4 aromatic rings. The summed E-state index contributed by atoms with van der Waals surface area (Å²) in [5.41, 5.74) is 1.84. The summed E-state index contributed by atoms with van der Waals surface area (Å²) in [6.45, 7) is 0. The lowest BCUT2D eigenvalue weighted by Crippen LogP contribution is -2.04. The molecule has 3 aromatic carbocycles. The van der Waals surface area contributed by atoms with Gasteiger partial charge in [0.1, 0.15) is 5.82 Å². The number of nitrogens with one attached hydrogen (secondary N) is 1. The Balaban J connectivity index is 1.57. The van der Waals surface area contributed by atoms with E-state index < -0.39 is 11.7 Å². The molecule has 4 rings (SSSR count). The van der Waals surface area contributed by atoms with Crippen LogP contribution >= 0.6 is 11.8 Å². The van der Waals surface area contributed by atoms with Gasteiger partial charge in [0.25, 0.3) is 0 Å². The summed E-state index contributed by atoms with van der Waals surface area (Å²) < 4.78 is 38.1. The van der Waals surface area contributed by atoms with Gasteiger partial charge in [-0.1, -0.05) is 54.2 Å². The van der Waals surface area contributed by atoms with E-state index >= 15 is 0 Å². The molecule has 0 aliphatic heterocycles. The minimum atomic E-state index is -4.33. The summed E-state index contributed by atoms with van der Waals surface area (Å²) in [5, 5.41) is 4.78. The van der Waals surface area contributed by atoms with Crippen LogP contribution in [-0.4, -0.2) is 9.97 Å². The molecule has 0 bridgehead atoms. The Bertz CT molecular complexity index is 1110. The molecule has 0 atom stereocenters. The maximum Gasteiger partial charge on any atom is 0.416 e. The number of thioether (sulfide) groups is 1. The second-order valence-corrected chi connectivity index (χ2v) is 7.29. The van der Waals surface area contributed by atoms with E-state index in [0.29, 0.717) is 16.7 Å². The number of alkyl halides is 3. The quantitative estimate of drug-likeness (QED) is 0.293. The first kappa shape index (κ1) is 19.3. The lowest BCUT2D eigenvalue weighted by atomic mass is 10.1. The van der Waals surface area contributed by atoms with Gasteiger partial charge in [0.2, 0.25) is 0 Å². The van der Waals surface area contributed by atoms with Crippen LogP contribution in [0.15, 0.2) is 84.0 Å². The maximum absolute atomic E-state index is 12.7. The predicted octanol–water partition coefficient (Wildman–Crippen LogP) is 6.68. The monoisotopic (exact) mass is 411 g/mol. The molecule has 1 N–H and O–H groups in total. The highest BCUT2D eigenvalue weighted by Gasteiger charge is 2.29. The summed E-state index contributed by atoms with van der Waals surface area (Å²) in [5.74, 6) is 1.16. The van der Waals surface area contributed by atoms with Gasteiger partial charge in [-0.05, 0) is 42.0 Å². The third kappa shape index (κ3) is 4.68. The van der Waals surface area contributed by atoms with Crippen molar-refractivity contribution in [3.05, 3.63) is 90.0 Å². The van der Waals surface area contributed by atoms with Crippen LogP contribution in [0, 0.1) is 0 Å². The minimum absolute atomic E-state index is 0.473. The second-order valence-electron chi connectivity index (χ2n) is 6.35. The van der Waals surface area contributed by atoms with Gasteiger partial charge in [-0.15, -0.1) is 0 Å². The van der Waals surface area contributed by atoms with Crippen LogP contribution < -0.4 is 5.32 Å². The highest BCUT2D eigenvalue weighted by Crippen LogP contribution is 2.31. The second kappa shape index (κ2) is 8.13. The molecule has 146 valence electrons. The number of fused-ring (bicyclic) bond motifs is 1. The summed E-state index contributed by atoms with van der Waals surface area (Å²) in [4.78, 5) is 9.21. The third-order valence-corrected chi connectivity index (χ3v) is 5.19. The normalized spacial score (nSPS) is 11.6. The van der Waals surface area contributed by atoms with E-state index in [0.717, 1.165) is 34.3 Å². The Labute approximate surface area is 170 Å². The van der Waals surface area contributed by atoms with Gasteiger partial charge in [-0.25, -0.2) is 9.97 Å². The van der Waals surface area contributed by atoms with E-state index in [1.807, 2.05) is 54.6 Å². The van der Waals surface area contributed by atoms with E-state index in [9.17, 15) is 13.2 Å². The molecule has 0 saturated carbocycles. The zero-order valence-electron chi connectivity index (χ0n) is 15.1. The number of para-hydroxylation sites is 2. The Kier molecular flexibility index (Phi) is 5.40. The van der Waals surface area contributed by atoms with Crippen molar-refractivity contribution in [3.8, 4) is 0 Å². The molecule has 0 saturated heterocycles. The van der Waals surface area contributed by atoms with Crippen molar-refractivity contribution in [2.45, 2.75) is 17.1 Å². The van der Waals surface area contributed by atoms with Crippen molar-refractivity contribution >= 4 is 34.2 Å². The SMILES string of the molecule is FC(F)(F)c1ccc(CSc2nc(Nc3ccccc3)c3ccccc3n2)cc1. The molecule has 29 heavy (non-hydrogen) atoms. The Morgan fingerprint density at radius 3 is 2.21 bits per heavy atom. The first-order valence-electron chi connectivity index (χ1n) is 8.87. The van der Waals surface area contributed by atoms with E-state index in [1.54, 1.807) is 0 Å². The molecule has 0 unspecified atom stereocenters. The number of aromatic nitrogens is 2. The molecule has 1 aromatic heterocycles. The Morgan fingerprint density at radius 2 is 1.48 bits per heavy atom. The third-order valence-electron chi connectivity index (χ3n) is 4.27. The lowest BCUT2D eigenvalue weighted by Gasteiger charge is -2.11. The van der Waals surface area contributed by atoms with Gasteiger partial charge in [-0.3, -0.25) is 0 Å². The van der Waals surface area contributed by atoms with Crippen LogP contribution in [0.4, 0.5) is 24.7 Å². The van der Waals surface area contributed by atoms with Crippen LogP contribution in [-0.2, 0) is 11.9 Å². The summed E-state index contributed by atoms with van der Waals surface area (Å²) >= 11 is 1.38. The Hall–Kier alpha value is -3.06. The fourth-order valence-electron chi connectivity index (χ4n) is 2.81. The van der Waals surface area contributed by atoms with Gasteiger partial charge in [-0.2, -0.15) is 13.2 Å². The van der Waals surface area contributed by atoms with Gasteiger partial charge in [0.05, 0.1) is 11.1 Å². The van der Waals surface area contributed by atoms with E-state index in [1.165, 1.54) is 23.9 Å². The number of nitrogens with zero attached hydrogens (tertiary/aromatic N) is 2. The molecule has 7 heteroatoms. The lowest BCUT2D eigenvalue weighted by molar-refractivity contribution is -0.137. The zero-order chi connectivity index (χ0) is 20.3. The molecule has 0 aliphatic rings. The number of hydrogen-bond acceptors (Lipinski definition) is 4. The number of halogens is 3. The summed E-state index contributed by atoms with van der Waals surface area (Å²) in [6, 6.07) is 22.6. The van der Waals surface area contributed by atoms with E-state index in [-0.39, 0.29) is 0 Å². The van der Waals surface area contributed by atoms with Crippen molar-refractivity contribution in [1.82, 2.24) is 9.97 Å². The summed E-state index contributed by atoms with van der Waals surface area (Å²) in [6.07, 6.45) is -4.33. The summed E-state index contributed by atoms with van der Waals surface area (Å²) in [7, 11) is 0. The van der Waals surface area contributed by atoms with Crippen LogP contribution in [0.3, 0.4) is 0 Å². The predicted molar refractivity (Wildman–Crippen MR) is 110 cm³/mol. The van der Waals surface area contributed by atoms with Crippen molar-refractivity contribution in [3.63, 3.8) is 0 Å². The fraction of sp³-hybridized carbons (Fsp3) is 0.0909. The molecule has 0 amide bonds. The highest BCUT2D eigenvalue weighted by atomic mass is 32.2. The van der Waals surface area contributed by atoms with Crippen LogP contribution in [0.2, 0.25) is 0 Å². The fourth-order valence-corrected chi connectivity index (χ4v) is 3.62. The van der Waals surface area contributed by atoms with Crippen LogP contribution in [0.1, 0.15) is 11.1 Å². The van der Waals surface area contributed by atoms with Crippen LogP contribution in [0.5, 0.6) is 0 Å². The molecule has 0 fully saturated rings. The maximum atomic E-state index is 12.7. The number of rotatable bonds is 5. The average Bonchev–Trinajstić information content (AvgIpc) is 2.73. The smallest absolute Gasteiger partial charge is 0.340 e.